The summed E-state index contributed by atoms with van der Waals surface area (Å²) < 4.78 is 4.69. The molecular weight excluding hydrogens is 195 g/mol. The van der Waals surface area contributed by atoms with E-state index in [1.807, 2.05) is 0 Å². The molecule has 0 amide bonds. The second-order valence-corrected chi connectivity index (χ2v) is 3.10. The first-order valence-electron chi connectivity index (χ1n) is 4.41. The molecule has 0 aliphatic carbocycles. The Balaban J connectivity index is 2.48. The predicted molar refractivity (Wildman–Crippen MR) is 56.4 cm³/mol. The van der Waals surface area contributed by atoms with Gasteiger partial charge in [-0.1, -0.05) is 12.1 Å². The molecule has 2 aromatic carbocycles. The van der Waals surface area contributed by atoms with E-state index in [0.717, 1.165) is 5.39 Å². The maximum Gasteiger partial charge on any atom is 0.707 e. The van der Waals surface area contributed by atoms with Crippen LogP contribution in [0, 0.1) is 0 Å². The highest BCUT2D eigenvalue weighted by Crippen LogP contribution is 2.27. The Bertz CT molecular complexity index is 484. The van der Waals surface area contributed by atoms with Gasteiger partial charge in [0.25, 0.3) is 0 Å². The van der Waals surface area contributed by atoms with Gasteiger partial charge in [0.2, 0.25) is 0 Å². The minimum Gasteiger partial charge on any atom is -0.512 e. The molecule has 2 aromatic rings. The van der Waals surface area contributed by atoms with Crippen LogP contribution in [0.5, 0.6) is 11.5 Å². The van der Waals surface area contributed by atoms with Crippen molar-refractivity contribution in [2.24, 2.45) is 0 Å². The quantitative estimate of drug-likeness (QED) is 0.635. The number of rotatable bonds is 2. The number of aromatic hydroxyl groups is 1. The fraction of sp³-hybridized carbons (Fsp3) is 0. The van der Waals surface area contributed by atoms with Gasteiger partial charge in [0.05, 0.1) is 0 Å². The Kier molecular flexibility index (Phi) is 2.49. The van der Waals surface area contributed by atoms with Crippen LogP contribution in [0.3, 0.4) is 0 Å². The van der Waals surface area contributed by atoms with Crippen molar-refractivity contribution in [3.8, 4) is 11.5 Å². The average molecular weight is 204 g/mol. The first kappa shape index (κ1) is 9.83. The second kappa shape index (κ2) is 3.80. The summed E-state index contributed by atoms with van der Waals surface area (Å²) in [6.07, 6.45) is 0. The van der Waals surface area contributed by atoms with Crippen molar-refractivity contribution >= 4 is 18.1 Å². The minimum absolute atomic E-state index is 0.184. The van der Waals surface area contributed by atoms with Crippen molar-refractivity contribution < 1.29 is 19.8 Å². The van der Waals surface area contributed by atoms with Crippen LogP contribution >= 0.6 is 0 Å². The molecule has 0 aliphatic rings. The fourth-order valence-electron chi connectivity index (χ4n) is 1.44. The van der Waals surface area contributed by atoms with Gasteiger partial charge in [0.1, 0.15) is 11.5 Å². The Morgan fingerprint density at radius 2 is 1.87 bits per heavy atom. The van der Waals surface area contributed by atoms with Crippen molar-refractivity contribution in [1.82, 2.24) is 0 Å². The first-order valence-corrected chi connectivity index (χ1v) is 4.41. The van der Waals surface area contributed by atoms with Crippen LogP contribution in [0.15, 0.2) is 36.4 Å². The van der Waals surface area contributed by atoms with Crippen molar-refractivity contribution in [2.45, 2.75) is 0 Å². The lowest BCUT2D eigenvalue weighted by molar-refractivity contribution is 0.288. The molecular formula is C10H9BO4. The molecule has 0 aromatic heterocycles. The average Bonchev–Trinajstić information content (AvgIpc) is 2.17. The highest BCUT2D eigenvalue weighted by Gasteiger charge is 2.11. The summed E-state index contributed by atoms with van der Waals surface area (Å²) in [6, 6.07) is 9.92. The van der Waals surface area contributed by atoms with Gasteiger partial charge in [-0.15, -0.1) is 0 Å². The van der Waals surface area contributed by atoms with E-state index >= 15 is 0 Å². The highest BCUT2D eigenvalue weighted by molar-refractivity contribution is 6.33. The fourth-order valence-corrected chi connectivity index (χ4v) is 1.44. The molecule has 0 fully saturated rings. The van der Waals surface area contributed by atoms with Crippen LogP contribution in [-0.4, -0.2) is 22.5 Å². The van der Waals surface area contributed by atoms with E-state index in [4.69, 9.17) is 14.7 Å². The van der Waals surface area contributed by atoms with Crippen molar-refractivity contribution in [1.29, 1.82) is 0 Å². The molecule has 0 saturated carbocycles. The normalized spacial score (nSPS) is 10.3. The summed E-state index contributed by atoms with van der Waals surface area (Å²) in [5.41, 5.74) is 0. The van der Waals surface area contributed by atoms with Crippen LogP contribution in [-0.2, 0) is 0 Å². The minimum atomic E-state index is -1.83. The van der Waals surface area contributed by atoms with E-state index in [-0.39, 0.29) is 5.75 Å². The molecule has 2 rings (SSSR count). The summed E-state index contributed by atoms with van der Waals surface area (Å²) in [5, 5.41) is 28.2. The second-order valence-electron chi connectivity index (χ2n) is 3.10. The molecule has 0 bridgehead atoms. The third-order valence-corrected chi connectivity index (χ3v) is 2.07. The third-order valence-electron chi connectivity index (χ3n) is 2.07. The molecule has 0 atom stereocenters. The molecule has 4 nitrogen and oxygen atoms in total. The lowest BCUT2D eigenvalue weighted by atomic mass is 10.1. The van der Waals surface area contributed by atoms with Crippen molar-refractivity contribution in [2.75, 3.05) is 0 Å². The molecule has 3 N–H and O–H groups in total. The molecule has 0 saturated heterocycles. The van der Waals surface area contributed by atoms with Crippen LogP contribution in [0.1, 0.15) is 0 Å². The van der Waals surface area contributed by atoms with Gasteiger partial charge < -0.3 is 19.8 Å². The van der Waals surface area contributed by atoms with Crippen LogP contribution in [0.2, 0.25) is 0 Å². The summed E-state index contributed by atoms with van der Waals surface area (Å²) in [6.45, 7) is 0. The number of phenolic OH excluding ortho intramolecular Hbond substituents is 1. The lowest BCUT2D eigenvalue weighted by Crippen LogP contribution is -2.20. The molecule has 5 heteroatoms. The SMILES string of the molecule is OB(O)Oc1ccc2c(O)cccc2c1. The molecule has 76 valence electrons. The number of benzene rings is 2. The molecule has 0 radical (unpaired) electrons. The maximum atomic E-state index is 9.50. The smallest absolute Gasteiger partial charge is 0.512 e. The first-order chi connectivity index (χ1) is 7.16. The van der Waals surface area contributed by atoms with Gasteiger partial charge in [-0.2, -0.15) is 0 Å². The number of hydrogen-bond donors (Lipinski definition) is 3. The van der Waals surface area contributed by atoms with E-state index in [2.05, 4.69) is 0 Å². The molecule has 15 heavy (non-hydrogen) atoms. The highest BCUT2D eigenvalue weighted by atomic mass is 16.6. The summed E-state index contributed by atoms with van der Waals surface area (Å²) in [4.78, 5) is 0. The Morgan fingerprint density at radius 1 is 1.07 bits per heavy atom. The maximum absolute atomic E-state index is 9.50. The Labute approximate surface area is 86.5 Å². The van der Waals surface area contributed by atoms with Gasteiger partial charge in [-0.3, -0.25) is 0 Å². The molecule has 0 spiro atoms. The van der Waals surface area contributed by atoms with E-state index in [9.17, 15) is 5.11 Å². The zero-order valence-electron chi connectivity index (χ0n) is 7.79. The van der Waals surface area contributed by atoms with Crippen LogP contribution < -0.4 is 4.65 Å². The molecule has 0 heterocycles. The monoisotopic (exact) mass is 204 g/mol. The zero-order valence-corrected chi connectivity index (χ0v) is 7.79. The van der Waals surface area contributed by atoms with E-state index < -0.39 is 7.32 Å². The van der Waals surface area contributed by atoms with E-state index in [0.29, 0.717) is 11.1 Å². The number of phenols is 1. The zero-order chi connectivity index (χ0) is 10.8. The standard InChI is InChI=1S/C10H9BO4/c12-10-3-1-2-7-6-8(15-11(13)14)4-5-9(7)10/h1-6,12-14H. The van der Waals surface area contributed by atoms with E-state index in [1.165, 1.54) is 0 Å². The summed E-state index contributed by atoms with van der Waals surface area (Å²) in [7, 11) is -1.83. The van der Waals surface area contributed by atoms with Gasteiger partial charge in [-0.05, 0) is 29.7 Å². The van der Waals surface area contributed by atoms with Crippen molar-refractivity contribution in [3.63, 3.8) is 0 Å². The van der Waals surface area contributed by atoms with Gasteiger partial charge in [0.15, 0.2) is 0 Å². The Morgan fingerprint density at radius 3 is 2.60 bits per heavy atom. The molecule has 0 aliphatic heterocycles. The predicted octanol–water partition coefficient (Wildman–Crippen LogP) is 0.894. The lowest BCUT2D eigenvalue weighted by Gasteiger charge is -2.06. The van der Waals surface area contributed by atoms with Crippen LogP contribution in [0.25, 0.3) is 10.8 Å². The third kappa shape index (κ3) is 2.03. The number of fused-ring (bicyclic) bond motifs is 1. The van der Waals surface area contributed by atoms with Gasteiger partial charge in [0, 0.05) is 5.39 Å². The van der Waals surface area contributed by atoms with Gasteiger partial charge >= 0.3 is 7.32 Å². The van der Waals surface area contributed by atoms with E-state index in [1.54, 1.807) is 36.4 Å². The molecule has 0 unspecified atom stereocenters. The summed E-state index contributed by atoms with van der Waals surface area (Å²) >= 11 is 0. The van der Waals surface area contributed by atoms with Crippen LogP contribution in [0.4, 0.5) is 0 Å². The van der Waals surface area contributed by atoms with Crippen molar-refractivity contribution in [3.05, 3.63) is 36.4 Å². The summed E-state index contributed by atoms with van der Waals surface area (Å²) in [5.74, 6) is 0.520. The Hall–Kier alpha value is -1.72. The van der Waals surface area contributed by atoms with Gasteiger partial charge in [-0.25, -0.2) is 0 Å². The number of hydrogen-bond acceptors (Lipinski definition) is 4. The topological polar surface area (TPSA) is 69.9 Å². The largest absolute Gasteiger partial charge is 0.707 e.